The molecule has 0 bridgehead atoms. The Morgan fingerprint density at radius 3 is 2.76 bits per heavy atom. The fraction of sp³-hybridized carbons (Fsp3) is 0.947. The molecule has 0 aromatic carbocycles. The van der Waals surface area contributed by atoms with Gasteiger partial charge >= 0.3 is 5.97 Å². The van der Waals surface area contributed by atoms with Crippen molar-refractivity contribution in [1.82, 2.24) is 0 Å². The minimum absolute atomic E-state index is 0.00423. The monoisotopic (exact) mass is 370 g/mol. The van der Waals surface area contributed by atoms with Gasteiger partial charge in [0.1, 0.15) is 6.10 Å². The summed E-state index contributed by atoms with van der Waals surface area (Å²) in [6, 6.07) is 1.15. The summed E-state index contributed by atoms with van der Waals surface area (Å²) in [5, 5.41) is 0. The average Bonchev–Trinajstić information content (AvgIpc) is 3.01. The van der Waals surface area contributed by atoms with Crippen LogP contribution in [0, 0.1) is 17.8 Å². The van der Waals surface area contributed by atoms with Crippen molar-refractivity contribution in [2.75, 3.05) is 13.2 Å². The maximum atomic E-state index is 11.7. The number of carbonyl (C=O) groups excluding carboxylic acids is 1. The van der Waals surface area contributed by atoms with E-state index >= 15 is 0 Å². The molecule has 6 heteroatoms. The second-order valence-electron chi connectivity index (χ2n) is 8.94. The molecule has 0 N–H and O–H groups in total. The Morgan fingerprint density at radius 1 is 1.28 bits per heavy atom. The molecule has 3 fully saturated rings. The zero-order chi connectivity index (χ0) is 18.0. The minimum Gasteiger partial charge on any atom is -0.462 e. The maximum absolute atomic E-state index is 11.7. The van der Waals surface area contributed by atoms with Gasteiger partial charge in [-0.3, -0.25) is 4.79 Å². The summed E-state index contributed by atoms with van der Waals surface area (Å²) in [5.41, 5.74) is 0. The van der Waals surface area contributed by atoms with Crippen LogP contribution in [0.4, 0.5) is 0 Å². The standard InChI is InChI=1S/C19H34O5Si/c1-13(2)12-25(3,4)22-11-15-14-9-18(20)23-16(14)10-17(15)24-19-7-5-6-8-21-19/h13-17,19H,5-12H2,1-4H3/t14-,15-,16+,17-,19?/m1/s1. The molecule has 2 aliphatic heterocycles. The number of esters is 1. The van der Waals surface area contributed by atoms with Crippen LogP contribution in [0.2, 0.25) is 19.1 Å². The molecule has 5 atom stereocenters. The third kappa shape index (κ3) is 5.06. The summed E-state index contributed by atoms with van der Waals surface area (Å²) in [5.74, 6) is 1.06. The van der Waals surface area contributed by atoms with Gasteiger partial charge in [-0.05, 0) is 44.3 Å². The summed E-state index contributed by atoms with van der Waals surface area (Å²) < 4.78 is 24.0. The molecular formula is C19H34O5Si. The lowest BCUT2D eigenvalue weighted by molar-refractivity contribution is -0.198. The van der Waals surface area contributed by atoms with E-state index in [1.165, 1.54) is 0 Å². The summed E-state index contributed by atoms with van der Waals surface area (Å²) >= 11 is 0. The van der Waals surface area contributed by atoms with Crippen molar-refractivity contribution in [2.45, 2.75) is 83.6 Å². The molecule has 0 amide bonds. The highest BCUT2D eigenvalue weighted by molar-refractivity contribution is 6.71. The van der Waals surface area contributed by atoms with Gasteiger partial charge in [0.25, 0.3) is 0 Å². The van der Waals surface area contributed by atoms with Gasteiger partial charge < -0.3 is 18.6 Å². The molecule has 25 heavy (non-hydrogen) atoms. The van der Waals surface area contributed by atoms with Gasteiger partial charge in [0.05, 0.1) is 12.5 Å². The van der Waals surface area contributed by atoms with E-state index in [1.54, 1.807) is 0 Å². The zero-order valence-electron chi connectivity index (χ0n) is 16.2. The van der Waals surface area contributed by atoms with E-state index < -0.39 is 8.32 Å². The first-order chi connectivity index (χ1) is 11.8. The van der Waals surface area contributed by atoms with Gasteiger partial charge in [-0.2, -0.15) is 0 Å². The second-order valence-corrected chi connectivity index (χ2v) is 13.2. The topological polar surface area (TPSA) is 54.0 Å². The van der Waals surface area contributed by atoms with Gasteiger partial charge in [0.2, 0.25) is 0 Å². The molecule has 2 heterocycles. The van der Waals surface area contributed by atoms with Crippen LogP contribution in [0.15, 0.2) is 0 Å². The van der Waals surface area contributed by atoms with Crippen LogP contribution in [-0.2, 0) is 23.4 Å². The highest BCUT2D eigenvalue weighted by Gasteiger charge is 2.51. The van der Waals surface area contributed by atoms with Crippen LogP contribution in [-0.4, -0.2) is 46.0 Å². The highest BCUT2D eigenvalue weighted by atomic mass is 28.4. The van der Waals surface area contributed by atoms with Crippen molar-refractivity contribution >= 4 is 14.3 Å². The second kappa shape index (κ2) is 8.07. The fourth-order valence-corrected chi connectivity index (χ4v) is 7.45. The summed E-state index contributed by atoms with van der Waals surface area (Å²) in [4.78, 5) is 11.7. The summed E-state index contributed by atoms with van der Waals surface area (Å²) in [6.45, 7) is 10.5. The summed E-state index contributed by atoms with van der Waals surface area (Å²) in [6.07, 6.45) is 4.53. The molecule has 3 rings (SSSR count). The molecule has 144 valence electrons. The molecule has 0 aromatic heterocycles. The van der Waals surface area contributed by atoms with Crippen LogP contribution in [0.1, 0.15) is 46.0 Å². The van der Waals surface area contributed by atoms with Crippen molar-refractivity contribution < 1.29 is 23.4 Å². The molecule has 1 unspecified atom stereocenters. The quantitative estimate of drug-likeness (QED) is 0.505. The van der Waals surface area contributed by atoms with E-state index in [-0.39, 0.29) is 36.3 Å². The van der Waals surface area contributed by atoms with E-state index in [0.717, 1.165) is 38.3 Å². The van der Waals surface area contributed by atoms with Crippen LogP contribution < -0.4 is 0 Å². The van der Waals surface area contributed by atoms with Crippen molar-refractivity contribution in [3.05, 3.63) is 0 Å². The molecule has 5 nitrogen and oxygen atoms in total. The molecule has 1 saturated carbocycles. The largest absolute Gasteiger partial charge is 0.462 e. The summed E-state index contributed by atoms with van der Waals surface area (Å²) in [7, 11) is -1.69. The predicted octanol–water partition coefficient (Wildman–Crippen LogP) is 3.73. The van der Waals surface area contributed by atoms with Crippen molar-refractivity contribution in [3.8, 4) is 0 Å². The SMILES string of the molecule is CC(C)C[Si](C)(C)OC[C@@H]1[C@H]2CC(=O)O[C@H]2C[C@H]1OC1CCCCO1. The Bertz CT molecular complexity index is 461. The van der Waals surface area contributed by atoms with Crippen molar-refractivity contribution in [2.24, 2.45) is 17.8 Å². The van der Waals surface area contributed by atoms with Crippen LogP contribution in [0.25, 0.3) is 0 Å². The molecule has 0 spiro atoms. The Morgan fingerprint density at radius 2 is 2.08 bits per heavy atom. The van der Waals surface area contributed by atoms with Crippen LogP contribution >= 0.6 is 0 Å². The number of hydrogen-bond donors (Lipinski definition) is 0. The Hall–Kier alpha value is -0.433. The van der Waals surface area contributed by atoms with E-state index in [1.807, 2.05) is 0 Å². The Labute approximate surface area is 152 Å². The van der Waals surface area contributed by atoms with E-state index in [4.69, 9.17) is 18.6 Å². The van der Waals surface area contributed by atoms with Gasteiger partial charge in [-0.1, -0.05) is 13.8 Å². The molecule has 2 saturated heterocycles. The van der Waals surface area contributed by atoms with Gasteiger partial charge in [-0.25, -0.2) is 0 Å². The molecule has 3 aliphatic rings. The lowest BCUT2D eigenvalue weighted by Crippen LogP contribution is -2.39. The van der Waals surface area contributed by atoms with Crippen molar-refractivity contribution in [1.29, 1.82) is 0 Å². The lowest BCUT2D eigenvalue weighted by Gasteiger charge is -2.32. The third-order valence-corrected chi connectivity index (χ3v) is 8.43. The van der Waals surface area contributed by atoms with E-state index in [0.29, 0.717) is 18.9 Å². The highest BCUT2D eigenvalue weighted by Crippen LogP contribution is 2.44. The normalized spacial score (nSPS) is 35.9. The van der Waals surface area contributed by atoms with Crippen molar-refractivity contribution in [3.63, 3.8) is 0 Å². The van der Waals surface area contributed by atoms with Crippen LogP contribution in [0.5, 0.6) is 0 Å². The number of rotatable bonds is 7. The average molecular weight is 371 g/mol. The smallest absolute Gasteiger partial charge is 0.306 e. The maximum Gasteiger partial charge on any atom is 0.306 e. The Balaban J connectivity index is 1.61. The van der Waals surface area contributed by atoms with Gasteiger partial charge in [-0.15, -0.1) is 0 Å². The van der Waals surface area contributed by atoms with Gasteiger partial charge in [0.15, 0.2) is 14.6 Å². The van der Waals surface area contributed by atoms with E-state index in [9.17, 15) is 4.79 Å². The third-order valence-electron chi connectivity index (χ3n) is 5.69. The number of ether oxygens (including phenoxy) is 3. The van der Waals surface area contributed by atoms with Gasteiger partial charge in [0, 0.05) is 31.5 Å². The molecule has 0 radical (unpaired) electrons. The first-order valence-corrected chi connectivity index (χ1v) is 13.1. The zero-order valence-corrected chi connectivity index (χ0v) is 17.2. The number of carbonyl (C=O) groups is 1. The van der Waals surface area contributed by atoms with Crippen LogP contribution in [0.3, 0.4) is 0 Å². The molecular weight excluding hydrogens is 336 g/mol. The fourth-order valence-electron chi connectivity index (χ4n) is 4.72. The first-order valence-electron chi connectivity index (χ1n) is 9.94. The number of fused-ring (bicyclic) bond motifs is 1. The minimum atomic E-state index is -1.69. The Kier molecular flexibility index (Phi) is 6.24. The lowest BCUT2D eigenvalue weighted by atomic mass is 9.93. The number of hydrogen-bond acceptors (Lipinski definition) is 5. The molecule has 0 aromatic rings. The van der Waals surface area contributed by atoms with E-state index in [2.05, 4.69) is 26.9 Å². The predicted molar refractivity (Wildman–Crippen MR) is 97.6 cm³/mol. The first kappa shape index (κ1) is 19.3. The molecule has 1 aliphatic carbocycles.